The molecule has 20 heteroatoms. The molecule has 0 bridgehead atoms. The highest BCUT2D eigenvalue weighted by atomic mass is 31.3. The van der Waals surface area contributed by atoms with Crippen molar-refractivity contribution in [1.29, 1.82) is 0 Å². The lowest BCUT2D eigenvalue weighted by atomic mass is 9.99. The maximum atomic E-state index is 12.8. The molecular formula is C40H73N3O15P2. The van der Waals surface area contributed by atoms with Crippen LogP contribution in [0.25, 0.3) is 0 Å². The standard InChI is InChI=1S/C40H73N3O15P2/c1-5-31(4)22-18-14-10-6-7-11-16-20-24-36(45)56-32(27-53-35(44)23-19-15-12-8-9-13-17-21-30(2)3)28-54-59(49,50)58-60(51,52)55-29-33-37(46)38(47)39(57-33)43-26-25-34(41)42-40(43)48/h25-26,30-33,37-39,46-47H,5-24,27-29H2,1-4H3,(H,49,50)(H,51,52)(H2,41,42,48)/t31?,32-,33-,37+,38?,39-/m1/s1. The molecule has 60 heavy (non-hydrogen) atoms. The first kappa shape index (κ1) is 53.9. The first-order chi connectivity index (χ1) is 28.4. The van der Waals surface area contributed by atoms with Gasteiger partial charge < -0.3 is 39.9 Å². The Labute approximate surface area is 355 Å². The molecule has 0 amide bonds. The van der Waals surface area contributed by atoms with Gasteiger partial charge in [0.15, 0.2) is 12.3 Å². The Morgan fingerprint density at radius 1 is 0.800 bits per heavy atom. The van der Waals surface area contributed by atoms with Crippen LogP contribution < -0.4 is 11.4 Å². The molecule has 0 aromatic carbocycles. The molecule has 0 spiro atoms. The lowest BCUT2D eigenvalue weighted by molar-refractivity contribution is -0.161. The summed E-state index contributed by atoms with van der Waals surface area (Å²) in [7, 11) is -10.8. The van der Waals surface area contributed by atoms with E-state index < -0.39 is 83.7 Å². The molecule has 0 saturated carbocycles. The summed E-state index contributed by atoms with van der Waals surface area (Å²) in [5.74, 6) is 0.172. The predicted octanol–water partition coefficient (Wildman–Crippen LogP) is 7.26. The molecule has 4 unspecified atom stereocenters. The topological polar surface area (TPSA) is 265 Å². The first-order valence-electron chi connectivity index (χ1n) is 21.8. The number of nitrogens with two attached hydrogens (primary N) is 1. The van der Waals surface area contributed by atoms with Gasteiger partial charge in [0.25, 0.3) is 0 Å². The summed E-state index contributed by atoms with van der Waals surface area (Å²) >= 11 is 0. The maximum absolute atomic E-state index is 12.8. The number of esters is 2. The summed E-state index contributed by atoms with van der Waals surface area (Å²) in [5.41, 5.74) is 4.57. The summed E-state index contributed by atoms with van der Waals surface area (Å²) in [6, 6.07) is 1.25. The summed E-state index contributed by atoms with van der Waals surface area (Å²) in [6.07, 6.45) is 12.5. The fourth-order valence-electron chi connectivity index (χ4n) is 6.59. The quantitative estimate of drug-likeness (QED) is 0.0259. The van der Waals surface area contributed by atoms with Crippen molar-refractivity contribution in [3.63, 3.8) is 0 Å². The van der Waals surface area contributed by atoms with Crippen molar-refractivity contribution in [1.82, 2.24) is 9.55 Å². The molecule has 2 heterocycles. The van der Waals surface area contributed by atoms with Crippen molar-refractivity contribution in [2.24, 2.45) is 11.8 Å². The summed E-state index contributed by atoms with van der Waals surface area (Å²) < 4.78 is 56.5. The zero-order valence-corrected chi connectivity index (χ0v) is 37.9. The van der Waals surface area contributed by atoms with Gasteiger partial charge in [-0.3, -0.25) is 23.2 Å². The van der Waals surface area contributed by atoms with Gasteiger partial charge in [-0.15, -0.1) is 0 Å². The lowest BCUT2D eigenvalue weighted by Gasteiger charge is -2.21. The van der Waals surface area contributed by atoms with Gasteiger partial charge in [0.05, 0.1) is 13.2 Å². The minimum Gasteiger partial charge on any atom is -0.462 e. The van der Waals surface area contributed by atoms with E-state index in [1.807, 2.05) is 0 Å². The molecule has 1 aromatic heterocycles. The van der Waals surface area contributed by atoms with Gasteiger partial charge in [-0.1, -0.05) is 130 Å². The van der Waals surface area contributed by atoms with Gasteiger partial charge in [0.2, 0.25) is 0 Å². The number of hydrogen-bond donors (Lipinski definition) is 5. The van der Waals surface area contributed by atoms with E-state index in [1.165, 1.54) is 57.4 Å². The Morgan fingerprint density at radius 3 is 1.90 bits per heavy atom. The van der Waals surface area contributed by atoms with E-state index in [-0.39, 0.29) is 18.7 Å². The third-order valence-corrected chi connectivity index (χ3v) is 13.0. The Bertz CT molecular complexity index is 1530. The number of phosphoric acid groups is 2. The Kier molecular flexibility index (Phi) is 26.2. The average molecular weight is 898 g/mol. The van der Waals surface area contributed by atoms with Crippen molar-refractivity contribution in [3.05, 3.63) is 22.7 Å². The van der Waals surface area contributed by atoms with Crippen molar-refractivity contribution >= 4 is 33.4 Å². The third kappa shape index (κ3) is 23.3. The van der Waals surface area contributed by atoms with Crippen LogP contribution in [0.5, 0.6) is 0 Å². The summed E-state index contributed by atoms with van der Waals surface area (Å²) in [5, 5.41) is 20.8. The average Bonchev–Trinajstić information content (AvgIpc) is 3.46. The number of anilines is 1. The van der Waals surface area contributed by atoms with Gasteiger partial charge >= 0.3 is 33.3 Å². The number of carbonyl (C=O) groups excluding carboxylic acids is 2. The van der Waals surface area contributed by atoms with E-state index in [0.717, 1.165) is 68.0 Å². The van der Waals surface area contributed by atoms with Crippen LogP contribution in [0.15, 0.2) is 17.1 Å². The van der Waals surface area contributed by atoms with Crippen molar-refractivity contribution in [2.75, 3.05) is 25.6 Å². The van der Waals surface area contributed by atoms with Gasteiger partial charge in [-0.2, -0.15) is 9.29 Å². The Balaban J connectivity index is 1.86. The van der Waals surface area contributed by atoms with Crippen LogP contribution in [0.4, 0.5) is 5.82 Å². The predicted molar refractivity (Wildman–Crippen MR) is 224 cm³/mol. The molecule has 2 rings (SSSR count). The highest BCUT2D eigenvalue weighted by Gasteiger charge is 2.46. The highest BCUT2D eigenvalue weighted by Crippen LogP contribution is 2.60. The number of aliphatic hydroxyl groups is 2. The van der Waals surface area contributed by atoms with Crippen LogP contribution in [0.3, 0.4) is 0 Å². The van der Waals surface area contributed by atoms with Gasteiger partial charge in [-0.25, -0.2) is 13.9 Å². The molecule has 1 aliphatic rings. The number of rotatable bonds is 34. The molecule has 8 atom stereocenters. The van der Waals surface area contributed by atoms with Gasteiger partial charge in [0.1, 0.15) is 30.7 Å². The van der Waals surface area contributed by atoms with Crippen LogP contribution in [0, 0.1) is 11.8 Å². The van der Waals surface area contributed by atoms with Crippen molar-refractivity contribution in [2.45, 2.75) is 187 Å². The molecule has 1 saturated heterocycles. The number of aromatic nitrogens is 2. The lowest BCUT2D eigenvalue weighted by Crippen LogP contribution is -2.36. The van der Waals surface area contributed by atoms with Crippen LogP contribution >= 0.6 is 15.6 Å². The third-order valence-electron chi connectivity index (χ3n) is 10.4. The van der Waals surface area contributed by atoms with Crippen LogP contribution in [-0.2, 0) is 46.3 Å². The molecule has 0 aliphatic carbocycles. The zero-order valence-electron chi connectivity index (χ0n) is 36.1. The minimum atomic E-state index is -5.41. The van der Waals surface area contributed by atoms with Gasteiger partial charge in [-0.05, 0) is 30.7 Å². The smallest absolute Gasteiger partial charge is 0.462 e. The Hall–Kier alpha value is -2.24. The number of aliphatic hydroxyl groups excluding tert-OH is 2. The molecule has 0 radical (unpaired) electrons. The molecule has 6 N–H and O–H groups in total. The first-order valence-corrected chi connectivity index (χ1v) is 24.8. The molecular weight excluding hydrogens is 824 g/mol. The van der Waals surface area contributed by atoms with Crippen molar-refractivity contribution in [3.8, 4) is 0 Å². The number of unbranched alkanes of at least 4 members (excludes halogenated alkanes) is 13. The number of phosphoric ester groups is 2. The second kappa shape index (κ2) is 29.2. The van der Waals surface area contributed by atoms with E-state index in [0.29, 0.717) is 18.8 Å². The largest absolute Gasteiger partial charge is 0.481 e. The van der Waals surface area contributed by atoms with Crippen LogP contribution in [0.1, 0.15) is 162 Å². The zero-order chi connectivity index (χ0) is 44.6. The molecule has 18 nitrogen and oxygen atoms in total. The number of nitrogens with zero attached hydrogens (tertiary/aromatic N) is 2. The van der Waals surface area contributed by atoms with E-state index in [9.17, 15) is 43.5 Å². The molecule has 1 aromatic rings. The minimum absolute atomic E-state index is 0.0535. The van der Waals surface area contributed by atoms with Crippen LogP contribution in [0.2, 0.25) is 0 Å². The summed E-state index contributed by atoms with van der Waals surface area (Å²) in [4.78, 5) is 61.5. The normalized spacial score (nSPS) is 21.0. The molecule has 1 aliphatic heterocycles. The van der Waals surface area contributed by atoms with E-state index in [1.54, 1.807) is 0 Å². The second-order valence-corrected chi connectivity index (χ2v) is 19.3. The van der Waals surface area contributed by atoms with E-state index in [2.05, 4.69) is 37.0 Å². The van der Waals surface area contributed by atoms with Gasteiger partial charge in [0, 0.05) is 19.0 Å². The summed E-state index contributed by atoms with van der Waals surface area (Å²) in [6.45, 7) is 6.63. The SMILES string of the molecule is CCC(C)CCCCCCCCCCC(=O)O[C@H](COC(=O)CCCCCCCCCC(C)C)COP(=O)(O)OP(=O)(O)OC[C@H]1O[C@@H](n2ccc(N)nc2=O)C(O)[C@H]1O. The Morgan fingerprint density at radius 2 is 1.33 bits per heavy atom. The number of carbonyl (C=O) groups is 2. The van der Waals surface area contributed by atoms with Crippen molar-refractivity contribution < 1.29 is 66.3 Å². The van der Waals surface area contributed by atoms with E-state index in [4.69, 9.17) is 29.0 Å². The second-order valence-electron chi connectivity index (χ2n) is 16.3. The molecule has 348 valence electrons. The molecule has 1 fully saturated rings. The monoisotopic (exact) mass is 897 g/mol. The number of ether oxygens (including phenoxy) is 3. The number of hydrogen-bond acceptors (Lipinski definition) is 15. The fourth-order valence-corrected chi connectivity index (χ4v) is 8.70. The highest BCUT2D eigenvalue weighted by molar-refractivity contribution is 7.61. The van der Waals surface area contributed by atoms with E-state index >= 15 is 0 Å². The maximum Gasteiger partial charge on any atom is 0.481 e. The fraction of sp³-hybridized carbons (Fsp3) is 0.850. The van der Waals surface area contributed by atoms with Crippen LogP contribution in [-0.4, -0.2) is 85.7 Å². The number of nitrogen functional groups attached to an aromatic ring is 1.